The second kappa shape index (κ2) is 9.43. The van der Waals surface area contributed by atoms with Crippen LogP contribution in [0.1, 0.15) is 18.5 Å². The van der Waals surface area contributed by atoms with Crippen molar-refractivity contribution in [1.82, 2.24) is 26.4 Å². The van der Waals surface area contributed by atoms with E-state index in [1.807, 2.05) is 30.4 Å². The molecule has 2 unspecified atom stereocenters. The average Bonchev–Trinajstić information content (AvgIpc) is 3.14. The molecule has 3 aliphatic heterocycles. The first-order valence-corrected chi connectivity index (χ1v) is 10.3. The highest BCUT2D eigenvalue weighted by Crippen LogP contribution is 2.29. The lowest BCUT2D eigenvalue weighted by molar-refractivity contribution is -0.119. The smallest absolute Gasteiger partial charge is 0.275 e. The minimum atomic E-state index is -0.952. The number of fused-ring (bicyclic) bond motifs is 1. The molecule has 0 spiro atoms. The van der Waals surface area contributed by atoms with Crippen LogP contribution in [-0.2, 0) is 4.79 Å². The number of amides is 1. The van der Waals surface area contributed by atoms with Gasteiger partial charge in [-0.05, 0) is 36.8 Å². The lowest BCUT2D eigenvalue weighted by Crippen LogP contribution is -2.51. The summed E-state index contributed by atoms with van der Waals surface area (Å²) in [6.07, 6.45) is 5.51. The fourth-order valence-corrected chi connectivity index (χ4v) is 3.65. The molecule has 0 fully saturated rings. The fourth-order valence-electron chi connectivity index (χ4n) is 3.65. The maximum Gasteiger partial charge on any atom is 0.275 e. The SMILES string of the molecule is CC1=C(C(=O)NC2=CCNC=C2F)N2NC(c3cccc(OC[C@H](O)CO)c3)C=CC2N1. The topological polar surface area (TPSA) is 118 Å². The number of allylic oxidation sites excluding steroid dienone is 2. The van der Waals surface area contributed by atoms with Crippen LogP contribution in [0.4, 0.5) is 4.39 Å². The Balaban J connectivity index is 1.48. The maximum absolute atomic E-state index is 14.0. The minimum Gasteiger partial charge on any atom is -0.491 e. The van der Waals surface area contributed by atoms with Gasteiger partial charge >= 0.3 is 0 Å². The number of benzene rings is 1. The minimum absolute atomic E-state index is 0.0192. The predicted molar refractivity (Wildman–Crippen MR) is 115 cm³/mol. The molecule has 0 saturated carbocycles. The molecule has 0 bridgehead atoms. The number of hydrazine groups is 1. The fraction of sp³-hybridized carbons (Fsp3) is 0.318. The van der Waals surface area contributed by atoms with Crippen LogP contribution in [0.2, 0.25) is 0 Å². The lowest BCUT2D eigenvalue weighted by atomic mass is 10.0. The average molecular weight is 443 g/mol. The standard InChI is InChI=1S/C22H26FN5O4/c1-13-21(22(31)26-19-7-8-24-10-17(19)23)28-20(25-13)6-5-18(27-28)14-3-2-4-16(9-14)32-12-15(30)11-29/h2-7,9-10,15,18,20,24-25,27,29-30H,8,11-12H2,1H3,(H,26,31)/t15-,18?,20?/m1/s1. The molecule has 170 valence electrons. The first-order chi connectivity index (χ1) is 15.5. The molecular formula is C22H26FN5O4. The van der Waals surface area contributed by atoms with Crippen molar-refractivity contribution in [3.05, 3.63) is 77.2 Å². The number of ether oxygens (including phenoxy) is 1. The largest absolute Gasteiger partial charge is 0.491 e. The Hall–Kier alpha value is -3.34. The molecule has 0 saturated heterocycles. The van der Waals surface area contributed by atoms with Crippen LogP contribution in [0.15, 0.2) is 71.6 Å². The summed E-state index contributed by atoms with van der Waals surface area (Å²) < 4.78 is 19.5. The Bertz CT molecular complexity index is 1010. The molecule has 3 aliphatic rings. The van der Waals surface area contributed by atoms with Crippen molar-refractivity contribution in [2.75, 3.05) is 19.8 Å². The Morgan fingerprint density at radius 1 is 1.41 bits per heavy atom. The lowest BCUT2D eigenvalue weighted by Gasteiger charge is -2.34. The zero-order chi connectivity index (χ0) is 22.7. The van der Waals surface area contributed by atoms with E-state index in [1.54, 1.807) is 24.1 Å². The van der Waals surface area contributed by atoms with Gasteiger partial charge in [0.1, 0.15) is 30.3 Å². The van der Waals surface area contributed by atoms with Crippen LogP contribution in [-0.4, -0.2) is 53.2 Å². The first kappa shape index (κ1) is 21.9. The molecule has 0 aliphatic carbocycles. The second-order valence-electron chi connectivity index (χ2n) is 7.62. The number of aliphatic hydroxyl groups is 2. The van der Waals surface area contributed by atoms with Crippen LogP contribution in [0.3, 0.4) is 0 Å². The van der Waals surface area contributed by atoms with Gasteiger partial charge in [0.05, 0.1) is 18.3 Å². The van der Waals surface area contributed by atoms with Crippen LogP contribution in [0.5, 0.6) is 5.75 Å². The number of hydrogen-bond donors (Lipinski definition) is 6. The summed E-state index contributed by atoms with van der Waals surface area (Å²) in [5.74, 6) is -0.402. The molecule has 1 aromatic carbocycles. The summed E-state index contributed by atoms with van der Waals surface area (Å²) >= 11 is 0. The molecule has 6 N–H and O–H groups in total. The molecular weight excluding hydrogens is 417 g/mol. The Labute approximate surface area is 184 Å². The van der Waals surface area contributed by atoms with Crippen LogP contribution in [0.25, 0.3) is 0 Å². The van der Waals surface area contributed by atoms with Gasteiger partial charge in [0, 0.05) is 18.4 Å². The van der Waals surface area contributed by atoms with Crippen molar-refractivity contribution in [2.45, 2.75) is 25.2 Å². The highest BCUT2D eigenvalue weighted by Gasteiger charge is 2.36. The van der Waals surface area contributed by atoms with Gasteiger partial charge in [-0.3, -0.25) is 9.80 Å². The van der Waals surface area contributed by atoms with Crippen molar-refractivity contribution in [2.24, 2.45) is 0 Å². The second-order valence-corrected chi connectivity index (χ2v) is 7.62. The Kier molecular flexibility index (Phi) is 6.45. The van der Waals surface area contributed by atoms with E-state index in [-0.39, 0.29) is 31.1 Å². The van der Waals surface area contributed by atoms with E-state index in [4.69, 9.17) is 9.84 Å². The molecule has 3 atom stereocenters. The third-order valence-corrected chi connectivity index (χ3v) is 5.25. The van der Waals surface area contributed by atoms with E-state index in [9.17, 15) is 14.3 Å². The first-order valence-electron chi connectivity index (χ1n) is 10.3. The predicted octanol–water partition coefficient (Wildman–Crippen LogP) is 0.411. The van der Waals surface area contributed by atoms with E-state index in [0.717, 1.165) is 5.56 Å². The van der Waals surface area contributed by atoms with Crippen LogP contribution >= 0.6 is 0 Å². The van der Waals surface area contributed by atoms with E-state index in [0.29, 0.717) is 23.7 Å². The van der Waals surface area contributed by atoms with Crippen molar-refractivity contribution < 1.29 is 24.1 Å². The van der Waals surface area contributed by atoms with Gasteiger partial charge in [-0.25, -0.2) is 9.82 Å². The van der Waals surface area contributed by atoms with E-state index in [1.165, 1.54) is 6.20 Å². The highest BCUT2D eigenvalue weighted by atomic mass is 19.1. The van der Waals surface area contributed by atoms with Gasteiger partial charge in [-0.15, -0.1) is 0 Å². The van der Waals surface area contributed by atoms with Gasteiger partial charge in [-0.2, -0.15) is 0 Å². The molecule has 1 aromatic rings. The summed E-state index contributed by atoms with van der Waals surface area (Å²) in [5.41, 5.74) is 5.38. The quantitative estimate of drug-likeness (QED) is 0.336. The molecule has 0 aromatic heterocycles. The maximum atomic E-state index is 14.0. The van der Waals surface area contributed by atoms with Crippen molar-refractivity contribution in [3.63, 3.8) is 0 Å². The number of rotatable bonds is 7. The third-order valence-electron chi connectivity index (χ3n) is 5.25. The zero-order valence-corrected chi connectivity index (χ0v) is 17.5. The molecule has 10 heteroatoms. The van der Waals surface area contributed by atoms with Gasteiger partial charge in [-0.1, -0.05) is 18.2 Å². The molecule has 3 heterocycles. The zero-order valence-electron chi connectivity index (χ0n) is 17.5. The van der Waals surface area contributed by atoms with Crippen molar-refractivity contribution in [1.29, 1.82) is 0 Å². The van der Waals surface area contributed by atoms with Crippen molar-refractivity contribution >= 4 is 5.91 Å². The monoisotopic (exact) mass is 443 g/mol. The van der Waals surface area contributed by atoms with Gasteiger partial charge in [0.15, 0.2) is 5.83 Å². The summed E-state index contributed by atoms with van der Waals surface area (Å²) in [6.45, 7) is 1.83. The molecule has 1 amide bonds. The highest BCUT2D eigenvalue weighted by molar-refractivity contribution is 5.95. The molecule has 9 nitrogen and oxygen atoms in total. The Morgan fingerprint density at radius 2 is 2.25 bits per heavy atom. The molecule has 0 radical (unpaired) electrons. The summed E-state index contributed by atoms with van der Waals surface area (Å²) in [7, 11) is 0. The molecule has 4 rings (SSSR count). The Morgan fingerprint density at radius 3 is 3.03 bits per heavy atom. The van der Waals surface area contributed by atoms with Gasteiger partial charge < -0.3 is 30.9 Å². The summed E-state index contributed by atoms with van der Waals surface area (Å²) in [4.78, 5) is 13.0. The number of carbonyl (C=O) groups is 1. The summed E-state index contributed by atoms with van der Waals surface area (Å²) in [6, 6.07) is 7.08. The van der Waals surface area contributed by atoms with Gasteiger partial charge in [0.2, 0.25) is 0 Å². The van der Waals surface area contributed by atoms with E-state index in [2.05, 4.69) is 21.4 Å². The van der Waals surface area contributed by atoms with Crippen molar-refractivity contribution in [3.8, 4) is 5.75 Å². The van der Waals surface area contributed by atoms with Gasteiger partial charge in [0.25, 0.3) is 5.91 Å². The van der Waals surface area contributed by atoms with E-state index >= 15 is 0 Å². The molecule has 32 heavy (non-hydrogen) atoms. The van der Waals surface area contributed by atoms with Crippen LogP contribution < -0.4 is 26.1 Å². The third kappa shape index (κ3) is 4.62. The number of hydrogen-bond acceptors (Lipinski definition) is 8. The number of halogens is 1. The number of carbonyl (C=O) groups excluding carboxylic acids is 1. The van der Waals surface area contributed by atoms with E-state index < -0.39 is 17.8 Å². The summed E-state index contributed by atoms with van der Waals surface area (Å²) in [5, 5.41) is 28.8. The number of dihydropyridines is 1. The normalized spacial score (nSPS) is 22.9. The van der Waals surface area contributed by atoms with Crippen LogP contribution in [0, 0.1) is 0 Å². The number of nitrogens with one attached hydrogen (secondary N) is 4. The number of nitrogens with zero attached hydrogens (tertiary/aromatic N) is 1. The number of aliphatic hydroxyl groups excluding tert-OH is 2.